The molecule has 0 atom stereocenters. The molecule has 2 aromatic carbocycles. The van der Waals surface area contributed by atoms with Gasteiger partial charge in [0, 0.05) is 16.7 Å². The van der Waals surface area contributed by atoms with Crippen molar-refractivity contribution in [2.45, 2.75) is 61.3 Å². The standard InChI is InChI=1S/C33H40O6/c1-10-13-23-21-24(28(37-12-3)26(14-11-2)29(23)39-31(36)33(7,8)9)17-20-27(34)22-15-18-25(19-16-22)38-30(35)32(4,5)6/h10-11,15-21H,1-2,12-14H2,3-9H3/b20-17+. The average molecular weight is 533 g/mol. The van der Waals surface area contributed by atoms with Crippen LogP contribution in [-0.2, 0) is 22.4 Å². The number of esters is 2. The van der Waals surface area contributed by atoms with Crippen molar-refractivity contribution in [2.24, 2.45) is 10.8 Å². The molecule has 6 nitrogen and oxygen atoms in total. The minimum atomic E-state index is -0.700. The SMILES string of the molecule is C=CCc1cc(/C=C/C(=O)c2ccc(OC(=O)C(C)(C)C)cc2)c(OCC)c(CC=C)c1OC(=O)C(C)(C)C. The van der Waals surface area contributed by atoms with Gasteiger partial charge in [-0.25, -0.2) is 0 Å². The fourth-order valence-electron chi connectivity index (χ4n) is 3.45. The number of ether oxygens (including phenoxy) is 3. The van der Waals surface area contributed by atoms with Gasteiger partial charge in [0.1, 0.15) is 17.2 Å². The first kappa shape index (κ1) is 31.3. The summed E-state index contributed by atoms with van der Waals surface area (Å²) in [6.07, 6.45) is 7.45. The van der Waals surface area contributed by atoms with Gasteiger partial charge in [0.2, 0.25) is 0 Å². The molecular weight excluding hydrogens is 492 g/mol. The van der Waals surface area contributed by atoms with Crippen molar-refractivity contribution in [3.05, 3.63) is 84.0 Å². The van der Waals surface area contributed by atoms with Crippen LogP contribution >= 0.6 is 0 Å². The summed E-state index contributed by atoms with van der Waals surface area (Å²) in [5, 5.41) is 0. The van der Waals surface area contributed by atoms with Crippen LogP contribution in [0.4, 0.5) is 0 Å². The topological polar surface area (TPSA) is 78.9 Å². The molecule has 39 heavy (non-hydrogen) atoms. The zero-order chi connectivity index (χ0) is 29.4. The number of hydrogen-bond acceptors (Lipinski definition) is 6. The van der Waals surface area contributed by atoms with E-state index >= 15 is 0 Å². The average Bonchev–Trinajstić information content (AvgIpc) is 2.85. The van der Waals surface area contributed by atoms with Crippen molar-refractivity contribution in [3.63, 3.8) is 0 Å². The predicted octanol–water partition coefficient (Wildman–Crippen LogP) is 7.34. The summed E-state index contributed by atoms with van der Waals surface area (Å²) in [6.45, 7) is 20.7. The highest BCUT2D eigenvalue weighted by Gasteiger charge is 2.28. The van der Waals surface area contributed by atoms with Crippen LogP contribution in [0.25, 0.3) is 6.08 Å². The molecular formula is C33H40O6. The van der Waals surface area contributed by atoms with Gasteiger partial charge in [-0.2, -0.15) is 0 Å². The molecule has 0 saturated carbocycles. The van der Waals surface area contributed by atoms with Gasteiger partial charge in [0.05, 0.1) is 17.4 Å². The highest BCUT2D eigenvalue weighted by atomic mass is 16.5. The summed E-state index contributed by atoms with van der Waals surface area (Å²) in [4.78, 5) is 37.9. The Morgan fingerprint density at radius 1 is 0.821 bits per heavy atom. The first-order chi connectivity index (χ1) is 18.2. The molecule has 0 spiro atoms. The summed E-state index contributed by atoms with van der Waals surface area (Å²) < 4.78 is 17.3. The molecule has 0 saturated heterocycles. The van der Waals surface area contributed by atoms with Crippen molar-refractivity contribution in [1.29, 1.82) is 0 Å². The minimum absolute atomic E-state index is 0.232. The summed E-state index contributed by atoms with van der Waals surface area (Å²) in [7, 11) is 0. The molecule has 0 amide bonds. The second-order valence-corrected chi connectivity index (χ2v) is 11.2. The van der Waals surface area contributed by atoms with Crippen molar-refractivity contribution in [2.75, 3.05) is 6.61 Å². The van der Waals surface area contributed by atoms with Gasteiger partial charge in [-0.1, -0.05) is 12.2 Å². The van der Waals surface area contributed by atoms with Gasteiger partial charge >= 0.3 is 11.9 Å². The molecule has 0 N–H and O–H groups in total. The Morgan fingerprint density at radius 2 is 1.38 bits per heavy atom. The quantitative estimate of drug-likeness (QED) is 0.0990. The number of hydrogen-bond donors (Lipinski definition) is 0. The second kappa shape index (κ2) is 13.2. The first-order valence-electron chi connectivity index (χ1n) is 13.0. The van der Waals surface area contributed by atoms with Gasteiger partial charge < -0.3 is 14.2 Å². The smallest absolute Gasteiger partial charge is 0.316 e. The van der Waals surface area contributed by atoms with E-state index in [1.165, 1.54) is 6.08 Å². The molecule has 6 heteroatoms. The van der Waals surface area contributed by atoms with Crippen molar-refractivity contribution >= 4 is 23.8 Å². The van der Waals surface area contributed by atoms with Gasteiger partial charge in [0.15, 0.2) is 5.78 Å². The van der Waals surface area contributed by atoms with E-state index in [9.17, 15) is 14.4 Å². The molecule has 0 heterocycles. The van der Waals surface area contributed by atoms with Gasteiger partial charge in [-0.05, 0) is 109 Å². The molecule has 0 aliphatic heterocycles. The number of benzene rings is 2. The predicted molar refractivity (Wildman–Crippen MR) is 155 cm³/mol. The Balaban J connectivity index is 2.48. The van der Waals surface area contributed by atoms with Crippen LogP contribution in [0.5, 0.6) is 17.2 Å². The lowest BCUT2D eigenvalue weighted by molar-refractivity contribution is -0.143. The molecule has 0 unspecified atom stereocenters. The van der Waals surface area contributed by atoms with E-state index in [1.807, 2.05) is 13.0 Å². The van der Waals surface area contributed by atoms with Crippen LogP contribution < -0.4 is 14.2 Å². The highest BCUT2D eigenvalue weighted by Crippen LogP contribution is 2.39. The van der Waals surface area contributed by atoms with Crippen molar-refractivity contribution in [1.82, 2.24) is 0 Å². The maximum atomic E-state index is 13.0. The number of allylic oxidation sites excluding steroid dienone is 3. The Labute approximate surface area is 232 Å². The largest absolute Gasteiger partial charge is 0.493 e. The Kier molecular flexibility index (Phi) is 10.6. The fraction of sp³-hybridized carbons (Fsp3) is 0.364. The lowest BCUT2D eigenvalue weighted by Crippen LogP contribution is -2.26. The second-order valence-electron chi connectivity index (χ2n) is 11.2. The van der Waals surface area contributed by atoms with Crippen LogP contribution in [0.2, 0.25) is 0 Å². The van der Waals surface area contributed by atoms with Crippen molar-refractivity contribution < 1.29 is 28.6 Å². The first-order valence-corrected chi connectivity index (χ1v) is 13.0. The van der Waals surface area contributed by atoms with Gasteiger partial charge in [0.25, 0.3) is 0 Å². The van der Waals surface area contributed by atoms with E-state index in [1.54, 1.807) is 84.0 Å². The summed E-state index contributed by atoms with van der Waals surface area (Å²) in [5.41, 5.74) is 1.21. The van der Waals surface area contributed by atoms with E-state index in [-0.39, 0.29) is 17.7 Å². The van der Waals surface area contributed by atoms with Crippen LogP contribution in [0.3, 0.4) is 0 Å². The maximum Gasteiger partial charge on any atom is 0.316 e. The molecule has 2 aromatic rings. The normalized spacial score (nSPS) is 11.7. The molecule has 0 aromatic heterocycles. The molecule has 0 aliphatic carbocycles. The van der Waals surface area contributed by atoms with Crippen molar-refractivity contribution in [3.8, 4) is 17.2 Å². The molecule has 0 bridgehead atoms. The number of carbonyl (C=O) groups is 3. The molecule has 208 valence electrons. The highest BCUT2D eigenvalue weighted by molar-refractivity contribution is 6.07. The molecule has 0 fully saturated rings. The zero-order valence-electron chi connectivity index (χ0n) is 24.2. The van der Waals surface area contributed by atoms with Gasteiger partial charge in [-0.3, -0.25) is 14.4 Å². The lowest BCUT2D eigenvalue weighted by Gasteiger charge is -2.23. The third-order valence-electron chi connectivity index (χ3n) is 5.62. The lowest BCUT2D eigenvalue weighted by atomic mass is 9.95. The summed E-state index contributed by atoms with van der Waals surface area (Å²) >= 11 is 0. The molecule has 0 aliphatic rings. The molecule has 2 rings (SSSR count). The Morgan fingerprint density at radius 3 is 1.90 bits per heavy atom. The monoisotopic (exact) mass is 532 g/mol. The Hall–Kier alpha value is -3.93. The molecule has 0 radical (unpaired) electrons. The Bertz CT molecular complexity index is 1250. The van der Waals surface area contributed by atoms with E-state index in [0.29, 0.717) is 53.4 Å². The van der Waals surface area contributed by atoms with Crippen LogP contribution in [0.15, 0.2) is 61.7 Å². The fourth-order valence-corrected chi connectivity index (χ4v) is 3.45. The third kappa shape index (κ3) is 8.54. The van der Waals surface area contributed by atoms with Gasteiger partial charge in [-0.15, -0.1) is 13.2 Å². The van der Waals surface area contributed by atoms with E-state index in [4.69, 9.17) is 14.2 Å². The number of rotatable bonds is 11. The third-order valence-corrected chi connectivity index (χ3v) is 5.62. The number of ketones is 1. The number of carbonyl (C=O) groups excluding carboxylic acids is 3. The zero-order valence-corrected chi connectivity index (χ0v) is 24.2. The van der Waals surface area contributed by atoms with E-state index < -0.39 is 10.8 Å². The summed E-state index contributed by atoms with van der Waals surface area (Å²) in [5.74, 6) is 0.378. The summed E-state index contributed by atoms with van der Waals surface area (Å²) in [6, 6.07) is 8.27. The van der Waals surface area contributed by atoms with Crippen LogP contribution in [-0.4, -0.2) is 24.3 Å². The maximum absolute atomic E-state index is 13.0. The van der Waals surface area contributed by atoms with Crippen LogP contribution in [0, 0.1) is 10.8 Å². The van der Waals surface area contributed by atoms with E-state index in [0.717, 1.165) is 5.56 Å². The van der Waals surface area contributed by atoms with E-state index in [2.05, 4.69) is 13.2 Å². The van der Waals surface area contributed by atoms with Crippen LogP contribution in [0.1, 0.15) is 75.5 Å². The minimum Gasteiger partial charge on any atom is -0.493 e.